The Morgan fingerprint density at radius 3 is 2.41 bits per heavy atom. The maximum Gasteiger partial charge on any atom is 0.223 e. The van der Waals surface area contributed by atoms with Crippen LogP contribution in [0.15, 0.2) is 24.3 Å². The molecule has 2 atom stereocenters. The van der Waals surface area contributed by atoms with Gasteiger partial charge in [-0.2, -0.15) is 0 Å². The SMILES string of the molecule is CC(C)NC(=O)[C@@H]1CCC[C@H](NC2Cc3ccccc3C2)C1. The Morgan fingerprint density at radius 2 is 1.77 bits per heavy atom. The average Bonchev–Trinajstić information content (AvgIpc) is 2.89. The van der Waals surface area contributed by atoms with Crippen molar-refractivity contribution < 1.29 is 4.79 Å². The van der Waals surface area contributed by atoms with Crippen molar-refractivity contribution in [2.45, 2.75) is 70.5 Å². The van der Waals surface area contributed by atoms with Crippen molar-refractivity contribution in [1.29, 1.82) is 0 Å². The maximum absolute atomic E-state index is 12.2. The lowest BCUT2D eigenvalue weighted by atomic mass is 9.84. The fourth-order valence-corrected chi connectivity index (χ4v) is 3.99. The van der Waals surface area contributed by atoms with E-state index in [-0.39, 0.29) is 17.9 Å². The number of fused-ring (bicyclic) bond motifs is 1. The van der Waals surface area contributed by atoms with Gasteiger partial charge in [-0.05, 0) is 57.1 Å². The van der Waals surface area contributed by atoms with E-state index in [1.807, 2.05) is 13.8 Å². The van der Waals surface area contributed by atoms with Crippen molar-refractivity contribution in [2.75, 3.05) is 0 Å². The number of carbonyl (C=O) groups excluding carboxylic acids is 1. The highest BCUT2D eigenvalue weighted by atomic mass is 16.1. The molecule has 2 aliphatic rings. The van der Waals surface area contributed by atoms with Gasteiger partial charge in [0.2, 0.25) is 5.91 Å². The van der Waals surface area contributed by atoms with Crippen molar-refractivity contribution in [2.24, 2.45) is 5.92 Å². The van der Waals surface area contributed by atoms with Gasteiger partial charge in [-0.25, -0.2) is 0 Å². The summed E-state index contributed by atoms with van der Waals surface area (Å²) in [5.74, 6) is 0.439. The van der Waals surface area contributed by atoms with Crippen LogP contribution in [0.4, 0.5) is 0 Å². The van der Waals surface area contributed by atoms with Crippen LogP contribution in [0.2, 0.25) is 0 Å². The van der Waals surface area contributed by atoms with Crippen molar-refractivity contribution in [3.63, 3.8) is 0 Å². The number of hydrogen-bond donors (Lipinski definition) is 2. The zero-order valence-corrected chi connectivity index (χ0v) is 13.8. The van der Waals surface area contributed by atoms with Gasteiger partial charge in [-0.3, -0.25) is 4.79 Å². The monoisotopic (exact) mass is 300 g/mol. The Morgan fingerprint density at radius 1 is 1.09 bits per heavy atom. The molecule has 1 amide bonds. The molecule has 1 saturated carbocycles. The summed E-state index contributed by atoms with van der Waals surface area (Å²) in [6.45, 7) is 4.07. The van der Waals surface area contributed by atoms with Crippen LogP contribution in [0.3, 0.4) is 0 Å². The quantitative estimate of drug-likeness (QED) is 0.898. The van der Waals surface area contributed by atoms with Crippen molar-refractivity contribution >= 4 is 5.91 Å². The van der Waals surface area contributed by atoms with Crippen LogP contribution in [0.5, 0.6) is 0 Å². The van der Waals surface area contributed by atoms with Gasteiger partial charge >= 0.3 is 0 Å². The predicted octanol–water partition coefficient (Wildman–Crippen LogP) is 2.83. The third-order valence-corrected chi connectivity index (χ3v) is 5.00. The number of benzene rings is 1. The van der Waals surface area contributed by atoms with E-state index in [0.717, 1.165) is 32.1 Å². The molecule has 0 aromatic heterocycles. The topological polar surface area (TPSA) is 41.1 Å². The highest BCUT2D eigenvalue weighted by Gasteiger charge is 2.30. The van der Waals surface area contributed by atoms with Crippen LogP contribution in [0.25, 0.3) is 0 Å². The molecule has 1 aromatic carbocycles. The number of nitrogens with one attached hydrogen (secondary N) is 2. The maximum atomic E-state index is 12.2. The summed E-state index contributed by atoms with van der Waals surface area (Å²) in [7, 11) is 0. The van der Waals surface area contributed by atoms with Gasteiger partial charge in [0.1, 0.15) is 0 Å². The largest absolute Gasteiger partial charge is 0.354 e. The van der Waals surface area contributed by atoms with Crippen molar-refractivity contribution in [3.05, 3.63) is 35.4 Å². The minimum Gasteiger partial charge on any atom is -0.354 e. The Kier molecular flexibility index (Phi) is 4.82. The lowest BCUT2D eigenvalue weighted by Gasteiger charge is -2.31. The van der Waals surface area contributed by atoms with Gasteiger partial charge in [-0.1, -0.05) is 30.7 Å². The Balaban J connectivity index is 1.52. The second-order valence-corrected chi connectivity index (χ2v) is 7.26. The van der Waals surface area contributed by atoms with E-state index < -0.39 is 0 Å². The third kappa shape index (κ3) is 3.70. The average molecular weight is 300 g/mol. The van der Waals surface area contributed by atoms with Crippen LogP contribution in [0, 0.1) is 5.92 Å². The Bertz CT molecular complexity index is 501. The van der Waals surface area contributed by atoms with E-state index in [4.69, 9.17) is 0 Å². The number of amides is 1. The van der Waals surface area contributed by atoms with Gasteiger partial charge in [0.15, 0.2) is 0 Å². The molecule has 120 valence electrons. The van der Waals surface area contributed by atoms with E-state index in [1.54, 1.807) is 0 Å². The van der Waals surface area contributed by atoms with E-state index in [0.29, 0.717) is 12.1 Å². The normalized spacial score (nSPS) is 25.2. The minimum atomic E-state index is 0.192. The molecule has 2 aliphatic carbocycles. The third-order valence-electron chi connectivity index (χ3n) is 5.00. The van der Waals surface area contributed by atoms with E-state index in [2.05, 4.69) is 34.9 Å². The van der Waals surface area contributed by atoms with E-state index >= 15 is 0 Å². The predicted molar refractivity (Wildman–Crippen MR) is 89.8 cm³/mol. The van der Waals surface area contributed by atoms with Gasteiger partial charge in [0.05, 0.1) is 0 Å². The lowest BCUT2D eigenvalue weighted by Crippen LogP contribution is -2.45. The number of rotatable bonds is 4. The summed E-state index contributed by atoms with van der Waals surface area (Å²) >= 11 is 0. The first-order valence-electron chi connectivity index (χ1n) is 8.75. The molecule has 0 aliphatic heterocycles. The first kappa shape index (κ1) is 15.5. The van der Waals surface area contributed by atoms with Crippen molar-refractivity contribution in [1.82, 2.24) is 10.6 Å². The molecule has 0 heterocycles. The fourth-order valence-electron chi connectivity index (χ4n) is 3.99. The smallest absolute Gasteiger partial charge is 0.223 e. The molecule has 0 unspecified atom stereocenters. The molecular weight excluding hydrogens is 272 g/mol. The Hall–Kier alpha value is -1.35. The highest BCUT2D eigenvalue weighted by molar-refractivity contribution is 5.79. The summed E-state index contributed by atoms with van der Waals surface area (Å²) in [5.41, 5.74) is 2.98. The molecule has 1 fully saturated rings. The molecule has 2 N–H and O–H groups in total. The fraction of sp³-hybridized carbons (Fsp3) is 0.632. The van der Waals surface area contributed by atoms with Gasteiger partial charge in [0.25, 0.3) is 0 Å². The molecule has 0 spiro atoms. The minimum absolute atomic E-state index is 0.192. The molecule has 0 bridgehead atoms. The summed E-state index contributed by atoms with van der Waals surface area (Å²) in [6.07, 6.45) is 6.67. The second-order valence-electron chi connectivity index (χ2n) is 7.26. The molecule has 0 saturated heterocycles. The summed E-state index contributed by atoms with van der Waals surface area (Å²) < 4.78 is 0. The van der Waals surface area contributed by atoms with Gasteiger partial charge in [-0.15, -0.1) is 0 Å². The first-order valence-corrected chi connectivity index (χ1v) is 8.75. The number of hydrogen-bond acceptors (Lipinski definition) is 2. The molecule has 3 rings (SSSR count). The van der Waals surface area contributed by atoms with Gasteiger partial charge < -0.3 is 10.6 Å². The first-order chi connectivity index (χ1) is 10.6. The molecule has 1 aromatic rings. The zero-order chi connectivity index (χ0) is 15.5. The molecular formula is C19H28N2O. The summed E-state index contributed by atoms with van der Waals surface area (Å²) in [4.78, 5) is 12.2. The van der Waals surface area contributed by atoms with Crippen LogP contribution in [-0.4, -0.2) is 24.0 Å². The van der Waals surface area contributed by atoms with Crippen LogP contribution in [0.1, 0.15) is 50.7 Å². The van der Waals surface area contributed by atoms with Crippen molar-refractivity contribution in [3.8, 4) is 0 Å². The molecule has 3 nitrogen and oxygen atoms in total. The van der Waals surface area contributed by atoms with Gasteiger partial charge in [0, 0.05) is 24.0 Å². The lowest BCUT2D eigenvalue weighted by molar-refractivity contribution is -0.126. The second kappa shape index (κ2) is 6.82. The number of carbonyl (C=O) groups is 1. The van der Waals surface area contributed by atoms with E-state index in [9.17, 15) is 4.79 Å². The van der Waals surface area contributed by atoms with E-state index in [1.165, 1.54) is 17.5 Å². The van der Waals surface area contributed by atoms with Crippen LogP contribution < -0.4 is 10.6 Å². The summed E-state index contributed by atoms with van der Waals surface area (Å²) in [6, 6.07) is 10.0. The molecule has 3 heteroatoms. The van der Waals surface area contributed by atoms with Crippen LogP contribution in [-0.2, 0) is 17.6 Å². The molecule has 22 heavy (non-hydrogen) atoms. The summed E-state index contributed by atoms with van der Waals surface area (Å²) in [5, 5.41) is 6.90. The van der Waals surface area contributed by atoms with Crippen LogP contribution >= 0.6 is 0 Å². The highest BCUT2D eigenvalue weighted by Crippen LogP contribution is 2.27. The Labute approximate surface area is 133 Å². The zero-order valence-electron chi connectivity index (χ0n) is 13.8. The molecule has 0 radical (unpaired) electrons. The standard InChI is InChI=1S/C19H28N2O/c1-13(2)20-19(22)16-8-5-9-17(12-16)21-18-10-14-6-3-4-7-15(14)11-18/h3-4,6-7,13,16-18,21H,5,8-12H2,1-2H3,(H,20,22)/t16-,17+/m1/s1.